The number of piperidine rings is 1. The predicted octanol–water partition coefficient (Wildman–Crippen LogP) is 2.93. The molecule has 1 aliphatic carbocycles. The number of hydrogen-bond acceptors (Lipinski definition) is 3. The molecule has 2 fully saturated rings. The first kappa shape index (κ1) is 14.1. The molecule has 1 aromatic carbocycles. The smallest absolute Gasteiger partial charge is 0.243 e. The van der Waals surface area contributed by atoms with Crippen molar-refractivity contribution in [1.82, 2.24) is 5.43 Å². The fourth-order valence-corrected chi connectivity index (χ4v) is 2.71. The quantitative estimate of drug-likeness (QED) is 0.683. The Bertz CT molecular complexity index is 525. The van der Waals surface area contributed by atoms with E-state index in [4.69, 9.17) is 0 Å². The maximum absolute atomic E-state index is 11.6. The van der Waals surface area contributed by atoms with Crippen LogP contribution in [0.4, 0.5) is 5.69 Å². The van der Waals surface area contributed by atoms with Gasteiger partial charge in [0.15, 0.2) is 0 Å². The molecule has 4 nitrogen and oxygen atoms in total. The molecule has 0 atom stereocenters. The van der Waals surface area contributed by atoms with Crippen molar-refractivity contribution in [3.05, 3.63) is 29.8 Å². The zero-order valence-corrected chi connectivity index (χ0v) is 12.6. The number of nitrogens with zero attached hydrogens (tertiary/aromatic N) is 2. The topological polar surface area (TPSA) is 44.7 Å². The highest BCUT2D eigenvalue weighted by atomic mass is 16.2. The van der Waals surface area contributed by atoms with Gasteiger partial charge in [0.25, 0.3) is 0 Å². The second kappa shape index (κ2) is 6.29. The Hall–Kier alpha value is -1.84. The highest BCUT2D eigenvalue weighted by Crippen LogP contribution is 2.28. The molecule has 4 heteroatoms. The first-order valence-corrected chi connectivity index (χ1v) is 7.93. The molecule has 1 aliphatic heterocycles. The lowest BCUT2D eigenvalue weighted by Crippen LogP contribution is -2.29. The third-order valence-corrected chi connectivity index (χ3v) is 4.29. The van der Waals surface area contributed by atoms with Crippen LogP contribution in [-0.4, -0.2) is 24.7 Å². The minimum atomic E-state index is 0.0549. The average Bonchev–Trinajstić information content (AvgIpc) is 3.38. The monoisotopic (exact) mass is 285 g/mol. The maximum Gasteiger partial charge on any atom is 0.243 e. The van der Waals surface area contributed by atoms with E-state index >= 15 is 0 Å². The van der Waals surface area contributed by atoms with Gasteiger partial charge in [-0.05, 0) is 56.7 Å². The van der Waals surface area contributed by atoms with E-state index in [0.717, 1.165) is 37.2 Å². The van der Waals surface area contributed by atoms with Gasteiger partial charge in [0.2, 0.25) is 5.91 Å². The predicted molar refractivity (Wildman–Crippen MR) is 85.6 cm³/mol. The van der Waals surface area contributed by atoms with Crippen LogP contribution in [0.25, 0.3) is 0 Å². The van der Waals surface area contributed by atoms with Gasteiger partial charge in [0.05, 0.1) is 5.71 Å². The van der Waals surface area contributed by atoms with Gasteiger partial charge in [-0.15, -0.1) is 0 Å². The van der Waals surface area contributed by atoms with Crippen LogP contribution in [-0.2, 0) is 4.79 Å². The number of rotatable bonds is 4. The van der Waals surface area contributed by atoms with E-state index in [1.807, 2.05) is 6.92 Å². The van der Waals surface area contributed by atoms with Crippen molar-refractivity contribution in [2.24, 2.45) is 11.0 Å². The molecule has 0 aromatic heterocycles. The van der Waals surface area contributed by atoms with E-state index in [1.54, 1.807) is 0 Å². The van der Waals surface area contributed by atoms with Gasteiger partial charge in [-0.25, -0.2) is 5.43 Å². The Balaban J connectivity index is 1.62. The zero-order valence-electron chi connectivity index (χ0n) is 12.6. The third-order valence-electron chi connectivity index (χ3n) is 4.29. The number of amides is 1. The summed E-state index contributed by atoms with van der Waals surface area (Å²) < 4.78 is 0. The van der Waals surface area contributed by atoms with Crippen LogP contribution in [0.5, 0.6) is 0 Å². The summed E-state index contributed by atoms with van der Waals surface area (Å²) >= 11 is 0. The summed E-state index contributed by atoms with van der Waals surface area (Å²) in [5.74, 6) is 0.252. The largest absolute Gasteiger partial charge is 0.372 e. The number of anilines is 1. The molecule has 1 heterocycles. The molecule has 1 saturated carbocycles. The standard InChI is InChI=1S/C17H23N3O/c1-13(18-19-17(21)15-5-6-15)14-7-9-16(10-8-14)20-11-3-2-4-12-20/h7-10,15H,2-6,11-12H2,1H3,(H,19,21). The van der Waals surface area contributed by atoms with E-state index in [-0.39, 0.29) is 11.8 Å². The van der Waals surface area contributed by atoms with Crippen LogP contribution in [0.2, 0.25) is 0 Å². The van der Waals surface area contributed by atoms with Crippen molar-refractivity contribution >= 4 is 17.3 Å². The molecular formula is C17H23N3O. The Labute approximate surface area is 126 Å². The number of hydrogen-bond donors (Lipinski definition) is 1. The molecule has 0 radical (unpaired) electrons. The van der Waals surface area contributed by atoms with Crippen LogP contribution in [0.1, 0.15) is 44.6 Å². The fourth-order valence-electron chi connectivity index (χ4n) is 2.71. The van der Waals surface area contributed by atoms with Gasteiger partial charge in [-0.2, -0.15) is 5.10 Å². The number of carbonyl (C=O) groups is 1. The fraction of sp³-hybridized carbons (Fsp3) is 0.529. The van der Waals surface area contributed by atoms with Crippen LogP contribution >= 0.6 is 0 Å². The SMILES string of the molecule is CC(=NNC(=O)C1CC1)c1ccc(N2CCCCC2)cc1. The van der Waals surface area contributed by atoms with Gasteiger partial charge in [-0.1, -0.05) is 12.1 Å². The first-order chi connectivity index (χ1) is 10.2. The third kappa shape index (κ3) is 3.63. The highest BCUT2D eigenvalue weighted by Gasteiger charge is 2.29. The van der Waals surface area contributed by atoms with Gasteiger partial charge in [-0.3, -0.25) is 4.79 Å². The Morgan fingerprint density at radius 2 is 1.81 bits per heavy atom. The Kier molecular flexibility index (Phi) is 4.23. The van der Waals surface area contributed by atoms with Crippen molar-refractivity contribution in [3.63, 3.8) is 0 Å². The molecule has 3 rings (SSSR count). The maximum atomic E-state index is 11.6. The summed E-state index contributed by atoms with van der Waals surface area (Å²) in [5, 5.41) is 4.20. The molecule has 112 valence electrons. The van der Waals surface area contributed by atoms with Crippen LogP contribution in [0.15, 0.2) is 29.4 Å². The van der Waals surface area contributed by atoms with E-state index in [9.17, 15) is 4.79 Å². The molecule has 21 heavy (non-hydrogen) atoms. The highest BCUT2D eigenvalue weighted by molar-refractivity contribution is 5.99. The van der Waals surface area contributed by atoms with Crippen molar-refractivity contribution in [1.29, 1.82) is 0 Å². The normalized spacial score (nSPS) is 19.5. The lowest BCUT2D eigenvalue weighted by atomic mass is 10.1. The Morgan fingerprint density at radius 1 is 1.14 bits per heavy atom. The van der Waals surface area contributed by atoms with Gasteiger partial charge in [0.1, 0.15) is 0 Å². The van der Waals surface area contributed by atoms with Crippen LogP contribution < -0.4 is 10.3 Å². The lowest BCUT2D eigenvalue weighted by Gasteiger charge is -2.28. The molecule has 0 unspecified atom stereocenters. The molecule has 1 saturated heterocycles. The molecule has 0 spiro atoms. The number of hydrazone groups is 1. The van der Waals surface area contributed by atoms with Gasteiger partial charge < -0.3 is 4.90 Å². The van der Waals surface area contributed by atoms with Crippen molar-refractivity contribution in [2.75, 3.05) is 18.0 Å². The summed E-state index contributed by atoms with van der Waals surface area (Å²) in [6.07, 6.45) is 5.93. The number of nitrogens with one attached hydrogen (secondary N) is 1. The minimum Gasteiger partial charge on any atom is -0.372 e. The van der Waals surface area contributed by atoms with Crippen LogP contribution in [0, 0.1) is 5.92 Å². The summed E-state index contributed by atoms with van der Waals surface area (Å²) in [6, 6.07) is 8.49. The summed E-state index contributed by atoms with van der Waals surface area (Å²) in [4.78, 5) is 14.0. The molecule has 0 bridgehead atoms. The molecule has 1 aromatic rings. The van der Waals surface area contributed by atoms with E-state index in [0.29, 0.717) is 0 Å². The van der Waals surface area contributed by atoms with E-state index in [2.05, 4.69) is 39.7 Å². The molecule has 1 N–H and O–H groups in total. The van der Waals surface area contributed by atoms with Crippen LogP contribution in [0.3, 0.4) is 0 Å². The van der Waals surface area contributed by atoms with Crippen molar-refractivity contribution in [2.45, 2.75) is 39.0 Å². The van der Waals surface area contributed by atoms with Gasteiger partial charge in [0, 0.05) is 24.7 Å². The molecule has 1 amide bonds. The second-order valence-electron chi connectivity index (χ2n) is 6.04. The number of benzene rings is 1. The second-order valence-corrected chi connectivity index (χ2v) is 6.04. The number of carbonyl (C=O) groups excluding carboxylic acids is 1. The lowest BCUT2D eigenvalue weighted by molar-refractivity contribution is -0.122. The average molecular weight is 285 g/mol. The van der Waals surface area contributed by atoms with E-state index in [1.165, 1.54) is 24.9 Å². The summed E-state index contributed by atoms with van der Waals surface area (Å²) in [6.45, 7) is 4.25. The zero-order chi connectivity index (χ0) is 14.7. The first-order valence-electron chi connectivity index (χ1n) is 7.93. The molecular weight excluding hydrogens is 262 g/mol. The van der Waals surface area contributed by atoms with E-state index < -0.39 is 0 Å². The Morgan fingerprint density at radius 3 is 2.43 bits per heavy atom. The summed E-state index contributed by atoms with van der Waals surface area (Å²) in [5.41, 5.74) is 5.86. The van der Waals surface area contributed by atoms with Crippen molar-refractivity contribution < 1.29 is 4.79 Å². The van der Waals surface area contributed by atoms with Gasteiger partial charge >= 0.3 is 0 Å². The molecule has 2 aliphatic rings. The minimum absolute atomic E-state index is 0.0549. The summed E-state index contributed by atoms with van der Waals surface area (Å²) in [7, 11) is 0. The van der Waals surface area contributed by atoms with Crippen molar-refractivity contribution in [3.8, 4) is 0 Å².